The number of amides is 1. The van der Waals surface area contributed by atoms with E-state index < -0.39 is 0 Å². The SMILES string of the molecule is CC(C)c1cn2cnc(C(=O)Nc3ccc(CN(C)C)cc3)c2cn1. The van der Waals surface area contributed by atoms with Crippen molar-refractivity contribution < 1.29 is 4.79 Å². The first-order chi connectivity index (χ1) is 11.9. The molecule has 0 aliphatic rings. The summed E-state index contributed by atoms with van der Waals surface area (Å²) in [6.07, 6.45) is 5.27. The van der Waals surface area contributed by atoms with Crippen LogP contribution < -0.4 is 5.32 Å². The number of hydrogen-bond acceptors (Lipinski definition) is 4. The van der Waals surface area contributed by atoms with Crippen LogP contribution in [0.5, 0.6) is 0 Å². The zero-order valence-corrected chi connectivity index (χ0v) is 15.0. The Kier molecular flexibility index (Phi) is 4.81. The first-order valence-corrected chi connectivity index (χ1v) is 8.31. The number of nitrogens with one attached hydrogen (secondary N) is 1. The highest BCUT2D eigenvalue weighted by Gasteiger charge is 2.15. The fourth-order valence-corrected chi connectivity index (χ4v) is 2.63. The summed E-state index contributed by atoms with van der Waals surface area (Å²) in [6, 6.07) is 7.84. The maximum absolute atomic E-state index is 12.5. The van der Waals surface area contributed by atoms with Crippen molar-refractivity contribution in [3.63, 3.8) is 0 Å². The van der Waals surface area contributed by atoms with Crippen molar-refractivity contribution in [2.24, 2.45) is 0 Å². The average Bonchev–Trinajstić information content (AvgIpc) is 2.99. The summed E-state index contributed by atoms with van der Waals surface area (Å²) in [5.41, 5.74) is 3.99. The summed E-state index contributed by atoms with van der Waals surface area (Å²) >= 11 is 0. The van der Waals surface area contributed by atoms with Gasteiger partial charge in [-0.25, -0.2) is 4.98 Å². The van der Waals surface area contributed by atoms with Crippen LogP contribution in [0.4, 0.5) is 5.69 Å². The predicted molar refractivity (Wildman–Crippen MR) is 98.9 cm³/mol. The third-order valence-corrected chi connectivity index (χ3v) is 3.96. The third kappa shape index (κ3) is 3.85. The molecular formula is C19H23N5O. The minimum absolute atomic E-state index is 0.234. The Labute approximate surface area is 147 Å². The lowest BCUT2D eigenvalue weighted by atomic mass is 10.1. The van der Waals surface area contributed by atoms with E-state index in [1.165, 1.54) is 5.56 Å². The first kappa shape index (κ1) is 17.1. The van der Waals surface area contributed by atoms with E-state index in [0.717, 1.165) is 17.9 Å². The van der Waals surface area contributed by atoms with Gasteiger partial charge < -0.3 is 14.6 Å². The van der Waals surface area contributed by atoms with Crippen LogP contribution >= 0.6 is 0 Å². The molecule has 0 saturated carbocycles. The topological polar surface area (TPSA) is 62.5 Å². The maximum atomic E-state index is 12.5. The van der Waals surface area contributed by atoms with Gasteiger partial charge in [0.05, 0.1) is 17.4 Å². The van der Waals surface area contributed by atoms with Crippen molar-refractivity contribution in [1.82, 2.24) is 19.3 Å². The van der Waals surface area contributed by atoms with Gasteiger partial charge in [0.2, 0.25) is 0 Å². The Morgan fingerprint density at radius 1 is 1.20 bits per heavy atom. The third-order valence-electron chi connectivity index (χ3n) is 3.96. The molecule has 0 fully saturated rings. The molecule has 0 unspecified atom stereocenters. The molecular weight excluding hydrogens is 314 g/mol. The van der Waals surface area contributed by atoms with Crippen LogP contribution in [0, 0.1) is 0 Å². The standard InChI is InChI=1S/C19H23N5O/c1-13(2)16-11-24-12-21-18(17(24)9-20-16)19(25)22-15-7-5-14(6-8-15)10-23(3)4/h5-9,11-13H,10H2,1-4H3,(H,22,25). The molecule has 6 heteroatoms. The Balaban J connectivity index is 1.78. The average molecular weight is 337 g/mol. The van der Waals surface area contributed by atoms with Crippen LogP contribution in [0.2, 0.25) is 0 Å². The molecule has 2 heterocycles. The summed E-state index contributed by atoms with van der Waals surface area (Å²) in [5, 5.41) is 2.90. The molecule has 2 aromatic heterocycles. The molecule has 0 bridgehead atoms. The normalized spacial score (nSPS) is 11.4. The number of benzene rings is 1. The predicted octanol–water partition coefficient (Wildman–Crippen LogP) is 3.17. The van der Waals surface area contributed by atoms with Gasteiger partial charge in [-0.15, -0.1) is 0 Å². The molecule has 130 valence electrons. The molecule has 25 heavy (non-hydrogen) atoms. The number of aromatic nitrogens is 3. The highest BCUT2D eigenvalue weighted by Crippen LogP contribution is 2.17. The van der Waals surface area contributed by atoms with Crippen molar-refractivity contribution in [2.75, 3.05) is 19.4 Å². The van der Waals surface area contributed by atoms with E-state index in [9.17, 15) is 4.79 Å². The summed E-state index contributed by atoms with van der Waals surface area (Å²) < 4.78 is 1.84. The molecule has 1 aromatic carbocycles. The second kappa shape index (κ2) is 7.03. The minimum atomic E-state index is -0.234. The van der Waals surface area contributed by atoms with Crippen molar-refractivity contribution in [3.05, 3.63) is 59.9 Å². The smallest absolute Gasteiger partial charge is 0.276 e. The fourth-order valence-electron chi connectivity index (χ4n) is 2.63. The number of anilines is 1. The van der Waals surface area contributed by atoms with Gasteiger partial charge >= 0.3 is 0 Å². The van der Waals surface area contributed by atoms with E-state index in [2.05, 4.69) is 34.0 Å². The fraction of sp³-hybridized carbons (Fsp3) is 0.316. The molecule has 0 spiro atoms. The van der Waals surface area contributed by atoms with Gasteiger partial charge in [0, 0.05) is 18.4 Å². The van der Waals surface area contributed by atoms with E-state index in [1.807, 2.05) is 49.0 Å². The molecule has 0 aliphatic heterocycles. The Bertz CT molecular complexity index is 880. The zero-order valence-electron chi connectivity index (χ0n) is 15.0. The lowest BCUT2D eigenvalue weighted by Crippen LogP contribution is -2.13. The summed E-state index contributed by atoms with van der Waals surface area (Å²) in [7, 11) is 4.05. The number of carbonyl (C=O) groups excluding carboxylic acids is 1. The molecule has 6 nitrogen and oxygen atoms in total. The van der Waals surface area contributed by atoms with Crippen LogP contribution in [0.15, 0.2) is 43.0 Å². The van der Waals surface area contributed by atoms with Gasteiger partial charge in [0.25, 0.3) is 5.91 Å². The van der Waals surface area contributed by atoms with Crippen LogP contribution in [0.25, 0.3) is 5.52 Å². The van der Waals surface area contributed by atoms with Gasteiger partial charge in [-0.1, -0.05) is 26.0 Å². The molecule has 0 saturated heterocycles. The van der Waals surface area contributed by atoms with Crippen LogP contribution in [-0.2, 0) is 6.54 Å². The molecule has 1 amide bonds. The zero-order chi connectivity index (χ0) is 18.0. The van der Waals surface area contributed by atoms with E-state index >= 15 is 0 Å². The maximum Gasteiger partial charge on any atom is 0.276 e. The molecule has 3 aromatic rings. The van der Waals surface area contributed by atoms with E-state index in [-0.39, 0.29) is 5.91 Å². The molecule has 3 rings (SSSR count). The molecule has 1 N–H and O–H groups in total. The Morgan fingerprint density at radius 3 is 2.56 bits per heavy atom. The van der Waals surface area contributed by atoms with E-state index in [1.54, 1.807) is 12.5 Å². The molecule has 0 aliphatic carbocycles. The monoisotopic (exact) mass is 337 g/mol. The molecule has 0 radical (unpaired) electrons. The lowest BCUT2D eigenvalue weighted by molar-refractivity contribution is 0.102. The highest BCUT2D eigenvalue weighted by atomic mass is 16.1. The number of fused-ring (bicyclic) bond motifs is 1. The van der Waals surface area contributed by atoms with Gasteiger partial charge in [0.1, 0.15) is 6.33 Å². The number of nitrogens with zero attached hydrogens (tertiary/aromatic N) is 4. The Hall–Kier alpha value is -2.73. The minimum Gasteiger partial charge on any atom is -0.321 e. The number of rotatable bonds is 5. The van der Waals surface area contributed by atoms with Crippen molar-refractivity contribution in [2.45, 2.75) is 26.3 Å². The second-order valence-corrected chi connectivity index (χ2v) is 6.74. The lowest BCUT2D eigenvalue weighted by Gasteiger charge is -2.10. The highest BCUT2D eigenvalue weighted by molar-refractivity contribution is 6.07. The van der Waals surface area contributed by atoms with Crippen molar-refractivity contribution in [3.8, 4) is 0 Å². The van der Waals surface area contributed by atoms with Crippen LogP contribution in [0.3, 0.4) is 0 Å². The largest absolute Gasteiger partial charge is 0.321 e. The van der Waals surface area contributed by atoms with Crippen LogP contribution in [0.1, 0.15) is 41.5 Å². The van der Waals surface area contributed by atoms with Gasteiger partial charge in [-0.05, 0) is 37.7 Å². The number of carbonyl (C=O) groups is 1. The first-order valence-electron chi connectivity index (χ1n) is 8.31. The van der Waals surface area contributed by atoms with Gasteiger partial charge in [-0.3, -0.25) is 9.78 Å². The van der Waals surface area contributed by atoms with Gasteiger partial charge in [0.15, 0.2) is 5.69 Å². The quantitative estimate of drug-likeness (QED) is 0.777. The Morgan fingerprint density at radius 2 is 1.92 bits per heavy atom. The molecule has 0 atom stereocenters. The van der Waals surface area contributed by atoms with E-state index in [4.69, 9.17) is 0 Å². The number of hydrogen-bond donors (Lipinski definition) is 1. The summed E-state index contributed by atoms with van der Waals surface area (Å²) in [4.78, 5) is 23.3. The van der Waals surface area contributed by atoms with Crippen molar-refractivity contribution in [1.29, 1.82) is 0 Å². The second-order valence-electron chi connectivity index (χ2n) is 6.74. The summed E-state index contributed by atoms with van der Waals surface area (Å²) in [6.45, 7) is 5.03. The van der Waals surface area contributed by atoms with Crippen molar-refractivity contribution >= 4 is 17.1 Å². The van der Waals surface area contributed by atoms with E-state index in [0.29, 0.717) is 17.1 Å². The van der Waals surface area contributed by atoms with Crippen LogP contribution in [-0.4, -0.2) is 39.3 Å². The summed E-state index contributed by atoms with van der Waals surface area (Å²) in [5.74, 6) is 0.0895. The van der Waals surface area contributed by atoms with Gasteiger partial charge in [-0.2, -0.15) is 0 Å². The number of imidazole rings is 1.